The molecule has 94 valence electrons. The van der Waals surface area contributed by atoms with E-state index in [1.165, 1.54) is 0 Å². The number of nitrogens with zero attached hydrogens (tertiary/aromatic N) is 1. The molecule has 1 N–H and O–H groups in total. The van der Waals surface area contributed by atoms with Crippen LogP contribution < -0.4 is 10.1 Å². The summed E-state index contributed by atoms with van der Waals surface area (Å²) < 4.78 is 5.63. The van der Waals surface area contributed by atoms with Gasteiger partial charge in [-0.05, 0) is 25.2 Å². The first-order valence-electron chi connectivity index (χ1n) is 5.65. The van der Waals surface area contributed by atoms with Crippen LogP contribution in [0.3, 0.4) is 0 Å². The Bertz CT molecular complexity index is 383. The Kier molecular flexibility index (Phi) is 4.51. The fraction of sp³-hybridized carbons (Fsp3) is 0.500. The van der Waals surface area contributed by atoms with E-state index in [-0.39, 0.29) is 0 Å². The van der Waals surface area contributed by atoms with Gasteiger partial charge in [-0.2, -0.15) is 0 Å². The van der Waals surface area contributed by atoms with Crippen molar-refractivity contribution in [1.29, 1.82) is 0 Å². The molecular weight excluding hydrogens is 259 g/mol. The van der Waals surface area contributed by atoms with Crippen molar-refractivity contribution in [2.24, 2.45) is 0 Å². The van der Waals surface area contributed by atoms with Crippen LogP contribution in [0.25, 0.3) is 0 Å². The zero-order chi connectivity index (χ0) is 12.3. The van der Waals surface area contributed by atoms with Gasteiger partial charge >= 0.3 is 0 Å². The molecule has 1 fully saturated rings. The molecule has 5 heteroatoms. The molecule has 1 aliphatic rings. The van der Waals surface area contributed by atoms with Crippen molar-refractivity contribution in [3.63, 3.8) is 0 Å². The van der Waals surface area contributed by atoms with Gasteiger partial charge in [-0.3, -0.25) is 4.90 Å². The molecule has 0 unspecified atom stereocenters. The van der Waals surface area contributed by atoms with Crippen molar-refractivity contribution in [3.8, 4) is 5.75 Å². The molecule has 17 heavy (non-hydrogen) atoms. The Hall–Kier alpha value is -0.480. The highest BCUT2D eigenvalue weighted by Gasteiger charge is 2.20. The molecule has 1 aromatic carbocycles. The average molecular weight is 275 g/mol. The Labute approximate surface area is 112 Å². The summed E-state index contributed by atoms with van der Waals surface area (Å²) in [7, 11) is 2.11. The number of benzene rings is 1. The van der Waals surface area contributed by atoms with E-state index in [1.54, 1.807) is 18.2 Å². The van der Waals surface area contributed by atoms with Crippen LogP contribution in [0.2, 0.25) is 10.0 Å². The van der Waals surface area contributed by atoms with E-state index in [9.17, 15) is 0 Å². The first-order chi connectivity index (χ1) is 8.16. The van der Waals surface area contributed by atoms with Crippen LogP contribution in [0.5, 0.6) is 5.75 Å². The molecule has 0 bridgehead atoms. The van der Waals surface area contributed by atoms with Crippen molar-refractivity contribution in [3.05, 3.63) is 28.2 Å². The van der Waals surface area contributed by atoms with E-state index in [1.807, 2.05) is 0 Å². The maximum atomic E-state index is 6.01. The van der Waals surface area contributed by atoms with Crippen molar-refractivity contribution in [2.45, 2.75) is 6.04 Å². The Balaban J connectivity index is 1.77. The van der Waals surface area contributed by atoms with E-state index < -0.39 is 0 Å². The minimum Gasteiger partial charge on any atom is -0.491 e. The van der Waals surface area contributed by atoms with E-state index in [4.69, 9.17) is 27.9 Å². The lowest BCUT2D eigenvalue weighted by molar-refractivity contribution is 0.151. The summed E-state index contributed by atoms with van der Waals surface area (Å²) in [6.45, 7) is 3.66. The summed E-state index contributed by atoms with van der Waals surface area (Å²) in [5.41, 5.74) is 0. The summed E-state index contributed by atoms with van der Waals surface area (Å²) in [5, 5.41) is 4.43. The standard InChI is InChI=1S/C12H16Cl2N2O/c1-16(10-7-15-8-10)4-5-17-12-3-2-9(13)6-11(12)14/h2-3,6,10,15H,4-5,7-8H2,1H3. The van der Waals surface area contributed by atoms with Crippen molar-refractivity contribution in [1.82, 2.24) is 10.2 Å². The third-order valence-corrected chi connectivity index (χ3v) is 3.51. The molecule has 3 nitrogen and oxygen atoms in total. The monoisotopic (exact) mass is 274 g/mol. The molecule has 1 aliphatic heterocycles. The summed E-state index contributed by atoms with van der Waals surface area (Å²) in [4.78, 5) is 2.29. The molecule has 1 aromatic rings. The molecule has 2 rings (SSSR count). The van der Waals surface area contributed by atoms with Gasteiger partial charge in [0.1, 0.15) is 12.4 Å². The number of rotatable bonds is 5. The third kappa shape index (κ3) is 3.49. The largest absolute Gasteiger partial charge is 0.491 e. The zero-order valence-electron chi connectivity index (χ0n) is 9.75. The molecule has 0 aromatic heterocycles. The predicted octanol–water partition coefficient (Wildman–Crippen LogP) is 2.28. The first kappa shape index (κ1) is 13.0. The average Bonchev–Trinajstić information content (AvgIpc) is 2.18. The lowest BCUT2D eigenvalue weighted by Gasteiger charge is -2.35. The molecule has 1 heterocycles. The molecule has 0 radical (unpaired) electrons. The van der Waals surface area contributed by atoms with Gasteiger partial charge in [-0.25, -0.2) is 0 Å². The van der Waals surface area contributed by atoms with E-state index in [0.29, 0.717) is 28.4 Å². The van der Waals surface area contributed by atoms with Crippen molar-refractivity contribution in [2.75, 3.05) is 33.3 Å². The maximum Gasteiger partial charge on any atom is 0.138 e. The Morgan fingerprint density at radius 1 is 1.41 bits per heavy atom. The number of hydrogen-bond acceptors (Lipinski definition) is 3. The van der Waals surface area contributed by atoms with Gasteiger partial charge in [-0.15, -0.1) is 0 Å². The van der Waals surface area contributed by atoms with Crippen LogP contribution in [0.4, 0.5) is 0 Å². The topological polar surface area (TPSA) is 24.5 Å². The maximum absolute atomic E-state index is 6.01. The highest BCUT2D eigenvalue weighted by Crippen LogP contribution is 2.27. The van der Waals surface area contributed by atoms with Crippen LogP contribution in [0.15, 0.2) is 18.2 Å². The smallest absolute Gasteiger partial charge is 0.138 e. The Morgan fingerprint density at radius 2 is 2.18 bits per heavy atom. The number of likely N-dealkylation sites (N-methyl/N-ethyl adjacent to an activating group) is 1. The van der Waals surface area contributed by atoms with Gasteiger partial charge in [0.05, 0.1) is 5.02 Å². The third-order valence-electron chi connectivity index (χ3n) is 2.98. The van der Waals surface area contributed by atoms with E-state index in [2.05, 4.69) is 17.3 Å². The normalized spacial score (nSPS) is 16.0. The predicted molar refractivity (Wildman–Crippen MR) is 71.2 cm³/mol. The molecule has 0 spiro atoms. The van der Waals surface area contributed by atoms with Gasteiger partial charge in [-0.1, -0.05) is 23.2 Å². The van der Waals surface area contributed by atoms with Crippen LogP contribution in [0.1, 0.15) is 0 Å². The van der Waals surface area contributed by atoms with Crippen molar-refractivity contribution < 1.29 is 4.74 Å². The second-order valence-corrected chi connectivity index (χ2v) is 5.06. The highest BCUT2D eigenvalue weighted by atomic mass is 35.5. The number of ether oxygens (including phenoxy) is 1. The van der Waals surface area contributed by atoms with Gasteiger partial charge in [0, 0.05) is 30.7 Å². The first-order valence-corrected chi connectivity index (χ1v) is 6.41. The molecule has 0 aliphatic carbocycles. The number of halogens is 2. The number of nitrogens with one attached hydrogen (secondary N) is 1. The Morgan fingerprint density at radius 3 is 2.76 bits per heavy atom. The fourth-order valence-electron chi connectivity index (χ4n) is 1.66. The van der Waals surface area contributed by atoms with E-state index >= 15 is 0 Å². The van der Waals surface area contributed by atoms with E-state index in [0.717, 1.165) is 19.6 Å². The quantitative estimate of drug-likeness (QED) is 0.892. The van der Waals surface area contributed by atoms with Crippen molar-refractivity contribution >= 4 is 23.2 Å². The van der Waals surface area contributed by atoms with Crippen LogP contribution in [0, 0.1) is 0 Å². The molecular formula is C12H16Cl2N2O. The van der Waals surface area contributed by atoms with Gasteiger partial charge in [0.2, 0.25) is 0 Å². The van der Waals surface area contributed by atoms with Crippen LogP contribution in [-0.4, -0.2) is 44.2 Å². The highest BCUT2D eigenvalue weighted by molar-refractivity contribution is 6.35. The molecule has 0 atom stereocenters. The van der Waals surface area contributed by atoms with Crippen LogP contribution in [-0.2, 0) is 0 Å². The molecule has 1 saturated heterocycles. The summed E-state index contributed by atoms with van der Waals surface area (Å²) in [6.07, 6.45) is 0. The number of hydrogen-bond donors (Lipinski definition) is 1. The SMILES string of the molecule is CN(CCOc1ccc(Cl)cc1Cl)C1CNC1. The summed E-state index contributed by atoms with van der Waals surface area (Å²) in [5.74, 6) is 0.691. The molecule has 0 amide bonds. The lowest BCUT2D eigenvalue weighted by atomic mass is 10.1. The second-order valence-electron chi connectivity index (χ2n) is 4.22. The van der Waals surface area contributed by atoms with Gasteiger partial charge < -0.3 is 10.1 Å². The van der Waals surface area contributed by atoms with Gasteiger partial charge in [0.15, 0.2) is 0 Å². The fourth-order valence-corrected chi connectivity index (χ4v) is 2.12. The minimum atomic E-state index is 0.561. The zero-order valence-corrected chi connectivity index (χ0v) is 11.3. The second kappa shape index (κ2) is 5.91. The van der Waals surface area contributed by atoms with Gasteiger partial charge in [0.25, 0.3) is 0 Å². The van der Waals surface area contributed by atoms with Crippen LogP contribution >= 0.6 is 23.2 Å². The molecule has 0 saturated carbocycles. The lowest BCUT2D eigenvalue weighted by Crippen LogP contribution is -2.56. The summed E-state index contributed by atoms with van der Waals surface area (Å²) >= 11 is 11.8. The minimum absolute atomic E-state index is 0.561. The summed E-state index contributed by atoms with van der Waals surface area (Å²) in [6, 6.07) is 5.91.